The number of hydrogen-bond donors (Lipinski definition) is 1. The van der Waals surface area contributed by atoms with Crippen LogP contribution in [-0.4, -0.2) is 25.6 Å². The van der Waals surface area contributed by atoms with Gasteiger partial charge in [0.2, 0.25) is 0 Å². The molecular formula is C18H18ClNO4. The number of carbonyl (C=O) groups is 2. The zero-order valence-corrected chi connectivity index (χ0v) is 14.2. The van der Waals surface area contributed by atoms with Crippen LogP contribution in [-0.2, 0) is 4.74 Å². The van der Waals surface area contributed by atoms with E-state index in [1.54, 1.807) is 30.3 Å². The summed E-state index contributed by atoms with van der Waals surface area (Å²) in [5.41, 5.74) is 1.13. The fraction of sp³-hybridized carbons (Fsp3) is 0.222. The van der Waals surface area contributed by atoms with Gasteiger partial charge in [-0.1, -0.05) is 18.5 Å². The Morgan fingerprint density at radius 2 is 1.83 bits per heavy atom. The molecule has 126 valence electrons. The molecule has 0 atom stereocenters. The minimum atomic E-state index is -0.562. The molecule has 0 aromatic heterocycles. The van der Waals surface area contributed by atoms with Crippen molar-refractivity contribution < 1.29 is 19.1 Å². The van der Waals surface area contributed by atoms with Gasteiger partial charge in [0, 0.05) is 11.3 Å². The lowest BCUT2D eigenvalue weighted by atomic mass is 10.1. The maximum Gasteiger partial charge on any atom is 0.339 e. The highest BCUT2D eigenvalue weighted by molar-refractivity contribution is 6.33. The molecule has 2 aromatic carbocycles. The SMILES string of the molecule is CCCOc1ccc(C(=O)Nc2ccc(Cl)c(C(=O)OC)c2)cc1. The van der Waals surface area contributed by atoms with Gasteiger partial charge >= 0.3 is 5.97 Å². The molecule has 0 aliphatic rings. The van der Waals surface area contributed by atoms with E-state index in [1.807, 2.05) is 6.92 Å². The first-order valence-electron chi connectivity index (χ1n) is 7.47. The minimum Gasteiger partial charge on any atom is -0.494 e. The standard InChI is InChI=1S/C18H18ClNO4/c1-3-10-24-14-7-4-12(5-8-14)17(21)20-13-6-9-16(19)15(11-13)18(22)23-2/h4-9,11H,3,10H2,1-2H3,(H,20,21). The van der Waals surface area contributed by atoms with Crippen molar-refractivity contribution in [2.75, 3.05) is 19.0 Å². The monoisotopic (exact) mass is 347 g/mol. The molecule has 2 aromatic rings. The number of halogens is 1. The van der Waals surface area contributed by atoms with Crippen LogP contribution in [0.2, 0.25) is 5.02 Å². The summed E-state index contributed by atoms with van der Waals surface area (Å²) in [6, 6.07) is 11.5. The molecule has 0 unspecified atom stereocenters. The van der Waals surface area contributed by atoms with Crippen molar-refractivity contribution in [2.24, 2.45) is 0 Å². The Bertz CT molecular complexity index is 728. The van der Waals surface area contributed by atoms with Crippen molar-refractivity contribution >= 4 is 29.2 Å². The lowest BCUT2D eigenvalue weighted by Gasteiger charge is -2.09. The second-order valence-electron chi connectivity index (χ2n) is 5.01. The number of benzene rings is 2. The van der Waals surface area contributed by atoms with Crippen molar-refractivity contribution in [1.82, 2.24) is 0 Å². The second-order valence-corrected chi connectivity index (χ2v) is 5.42. The van der Waals surface area contributed by atoms with Crippen LogP contribution < -0.4 is 10.1 Å². The number of nitrogens with one attached hydrogen (secondary N) is 1. The van der Waals surface area contributed by atoms with E-state index < -0.39 is 5.97 Å². The lowest BCUT2D eigenvalue weighted by Crippen LogP contribution is -2.12. The number of anilines is 1. The molecule has 0 saturated heterocycles. The molecule has 2 rings (SSSR count). The normalized spacial score (nSPS) is 10.1. The van der Waals surface area contributed by atoms with Gasteiger partial charge in [-0.2, -0.15) is 0 Å². The van der Waals surface area contributed by atoms with E-state index in [2.05, 4.69) is 10.1 Å². The summed E-state index contributed by atoms with van der Waals surface area (Å²) in [5.74, 6) is -0.142. The Balaban J connectivity index is 2.10. The van der Waals surface area contributed by atoms with Crippen LogP contribution in [0.3, 0.4) is 0 Å². The van der Waals surface area contributed by atoms with Crippen molar-refractivity contribution in [3.05, 3.63) is 58.6 Å². The van der Waals surface area contributed by atoms with E-state index in [0.29, 0.717) is 23.6 Å². The Morgan fingerprint density at radius 1 is 1.12 bits per heavy atom. The van der Waals surface area contributed by atoms with Gasteiger partial charge in [0.1, 0.15) is 5.75 Å². The predicted molar refractivity (Wildman–Crippen MR) is 93.0 cm³/mol. The Hall–Kier alpha value is -2.53. The Morgan fingerprint density at radius 3 is 2.46 bits per heavy atom. The summed E-state index contributed by atoms with van der Waals surface area (Å²) in [6.45, 7) is 2.66. The van der Waals surface area contributed by atoms with Gasteiger partial charge in [-0.15, -0.1) is 0 Å². The Kier molecular flexibility index (Phi) is 6.21. The third kappa shape index (κ3) is 4.49. The summed E-state index contributed by atoms with van der Waals surface area (Å²) >= 11 is 5.96. The summed E-state index contributed by atoms with van der Waals surface area (Å²) in [6.07, 6.45) is 0.918. The number of rotatable bonds is 6. The predicted octanol–water partition coefficient (Wildman–Crippen LogP) is 4.17. The quantitative estimate of drug-likeness (QED) is 0.796. The van der Waals surface area contributed by atoms with E-state index in [0.717, 1.165) is 6.42 Å². The van der Waals surface area contributed by atoms with Crippen LogP contribution in [0.1, 0.15) is 34.1 Å². The van der Waals surface area contributed by atoms with E-state index in [4.69, 9.17) is 16.3 Å². The first-order chi connectivity index (χ1) is 11.5. The molecule has 0 heterocycles. The molecule has 0 spiro atoms. The zero-order valence-electron chi connectivity index (χ0n) is 13.5. The highest BCUT2D eigenvalue weighted by Crippen LogP contribution is 2.22. The van der Waals surface area contributed by atoms with Crippen LogP contribution >= 0.6 is 11.6 Å². The van der Waals surface area contributed by atoms with Crippen molar-refractivity contribution in [2.45, 2.75) is 13.3 Å². The molecule has 24 heavy (non-hydrogen) atoms. The van der Waals surface area contributed by atoms with Crippen LogP contribution in [0.25, 0.3) is 0 Å². The van der Waals surface area contributed by atoms with E-state index in [1.165, 1.54) is 19.2 Å². The van der Waals surface area contributed by atoms with Crippen LogP contribution in [0.5, 0.6) is 5.75 Å². The molecule has 0 bridgehead atoms. The van der Waals surface area contributed by atoms with Gasteiger partial charge in [-0.25, -0.2) is 4.79 Å². The highest BCUT2D eigenvalue weighted by atomic mass is 35.5. The molecule has 6 heteroatoms. The van der Waals surface area contributed by atoms with Gasteiger partial charge in [-0.05, 0) is 48.9 Å². The maximum absolute atomic E-state index is 12.3. The molecule has 0 radical (unpaired) electrons. The number of amides is 1. The summed E-state index contributed by atoms with van der Waals surface area (Å²) < 4.78 is 10.1. The second kappa shape index (κ2) is 8.36. The number of hydrogen-bond acceptors (Lipinski definition) is 4. The molecule has 1 amide bonds. The van der Waals surface area contributed by atoms with Gasteiger partial charge in [-0.3, -0.25) is 4.79 Å². The van der Waals surface area contributed by atoms with Gasteiger partial charge in [0.15, 0.2) is 0 Å². The zero-order chi connectivity index (χ0) is 17.5. The van der Waals surface area contributed by atoms with Crippen molar-refractivity contribution in [3.8, 4) is 5.75 Å². The van der Waals surface area contributed by atoms with Gasteiger partial charge < -0.3 is 14.8 Å². The smallest absolute Gasteiger partial charge is 0.339 e. The molecule has 5 nitrogen and oxygen atoms in total. The average Bonchev–Trinajstić information content (AvgIpc) is 2.61. The minimum absolute atomic E-state index is 0.195. The molecular weight excluding hydrogens is 330 g/mol. The van der Waals surface area contributed by atoms with E-state index >= 15 is 0 Å². The molecule has 0 aliphatic carbocycles. The maximum atomic E-state index is 12.3. The molecule has 0 aliphatic heterocycles. The third-order valence-corrected chi connectivity index (χ3v) is 3.55. The number of esters is 1. The first-order valence-corrected chi connectivity index (χ1v) is 7.85. The summed E-state index contributed by atoms with van der Waals surface area (Å²) in [7, 11) is 1.27. The van der Waals surface area contributed by atoms with Crippen LogP contribution in [0, 0.1) is 0 Å². The highest BCUT2D eigenvalue weighted by Gasteiger charge is 2.13. The lowest BCUT2D eigenvalue weighted by molar-refractivity contribution is 0.0600. The third-order valence-electron chi connectivity index (χ3n) is 3.22. The van der Waals surface area contributed by atoms with Gasteiger partial charge in [0.05, 0.1) is 24.3 Å². The van der Waals surface area contributed by atoms with E-state index in [-0.39, 0.29) is 16.5 Å². The largest absolute Gasteiger partial charge is 0.494 e. The fourth-order valence-electron chi connectivity index (χ4n) is 2.00. The molecule has 0 fully saturated rings. The van der Waals surface area contributed by atoms with Crippen molar-refractivity contribution in [1.29, 1.82) is 0 Å². The van der Waals surface area contributed by atoms with Crippen molar-refractivity contribution in [3.63, 3.8) is 0 Å². The molecule has 0 saturated carbocycles. The number of methoxy groups -OCH3 is 1. The topological polar surface area (TPSA) is 64.6 Å². The first kappa shape index (κ1) is 17.8. The summed E-state index contributed by atoms with van der Waals surface area (Å²) in [5, 5.41) is 2.98. The fourth-order valence-corrected chi connectivity index (χ4v) is 2.19. The average molecular weight is 348 g/mol. The van der Waals surface area contributed by atoms with Crippen LogP contribution in [0.15, 0.2) is 42.5 Å². The van der Waals surface area contributed by atoms with Gasteiger partial charge in [0.25, 0.3) is 5.91 Å². The number of carbonyl (C=O) groups excluding carboxylic acids is 2. The van der Waals surface area contributed by atoms with Crippen LogP contribution in [0.4, 0.5) is 5.69 Å². The number of ether oxygens (including phenoxy) is 2. The summed E-state index contributed by atoms with van der Waals surface area (Å²) in [4.78, 5) is 23.9. The van der Waals surface area contributed by atoms with E-state index in [9.17, 15) is 9.59 Å². The molecule has 1 N–H and O–H groups in total. The Labute approximate surface area is 145 Å².